The number of hydrogen-bond donors (Lipinski definition) is 2. The van der Waals surface area contributed by atoms with Gasteiger partial charge in [-0.15, -0.1) is 11.3 Å². The summed E-state index contributed by atoms with van der Waals surface area (Å²) in [7, 11) is 1.59. The van der Waals surface area contributed by atoms with Crippen molar-refractivity contribution in [1.82, 2.24) is 30.0 Å². The Hall–Kier alpha value is -3.74. The average molecular weight is 618 g/mol. The number of aromatic amines is 1. The maximum atomic E-state index is 15.4. The van der Waals surface area contributed by atoms with Crippen LogP contribution < -0.4 is 5.32 Å². The van der Waals surface area contributed by atoms with E-state index in [9.17, 15) is 9.59 Å². The molecule has 3 aliphatic rings. The number of rotatable bonds is 9. The van der Waals surface area contributed by atoms with E-state index in [0.29, 0.717) is 49.2 Å². The zero-order chi connectivity index (χ0) is 30.3. The Bertz CT molecular complexity index is 1670. The third kappa shape index (κ3) is 5.62. The molecule has 1 aromatic carbocycles. The van der Waals surface area contributed by atoms with Gasteiger partial charge in [-0.05, 0) is 56.1 Å². The number of halogens is 1. The molecular weight excluding hydrogens is 581 g/mol. The van der Waals surface area contributed by atoms with Crippen molar-refractivity contribution in [3.8, 4) is 11.3 Å². The zero-order valence-corrected chi connectivity index (χ0v) is 25.5. The summed E-state index contributed by atoms with van der Waals surface area (Å²) in [6.07, 6.45) is 6.86. The maximum absolute atomic E-state index is 15.4. The molecule has 2 amide bonds. The lowest BCUT2D eigenvalue weighted by Gasteiger charge is -2.36. The van der Waals surface area contributed by atoms with E-state index >= 15 is 4.39 Å². The number of benzene rings is 1. The van der Waals surface area contributed by atoms with Gasteiger partial charge in [-0.2, -0.15) is 5.10 Å². The van der Waals surface area contributed by atoms with Gasteiger partial charge in [-0.25, -0.2) is 9.37 Å². The van der Waals surface area contributed by atoms with Gasteiger partial charge in [0.1, 0.15) is 10.7 Å². The van der Waals surface area contributed by atoms with Crippen LogP contribution in [0.4, 0.5) is 10.1 Å². The molecule has 1 aliphatic carbocycles. The quantitative estimate of drug-likeness (QED) is 0.279. The van der Waals surface area contributed by atoms with E-state index in [1.807, 2.05) is 35.4 Å². The maximum Gasteiger partial charge on any atom is 0.236 e. The number of carbonyl (C=O) groups is 2. The summed E-state index contributed by atoms with van der Waals surface area (Å²) in [5, 5.41) is 14.0. The highest BCUT2D eigenvalue weighted by Gasteiger charge is 2.46. The predicted octanol–water partition coefficient (Wildman–Crippen LogP) is 4.72. The van der Waals surface area contributed by atoms with Crippen molar-refractivity contribution >= 4 is 39.7 Å². The number of methoxy groups -OCH3 is 1. The minimum atomic E-state index is -1.47. The molecule has 1 atom stereocenters. The fourth-order valence-electron chi connectivity index (χ4n) is 6.57. The molecule has 0 bridgehead atoms. The van der Waals surface area contributed by atoms with Crippen LogP contribution in [0, 0.1) is 5.41 Å². The van der Waals surface area contributed by atoms with Crippen LogP contribution in [0.3, 0.4) is 0 Å². The number of hydrogen-bond acceptors (Lipinski definition) is 8. The van der Waals surface area contributed by atoms with Crippen molar-refractivity contribution in [3.63, 3.8) is 0 Å². The monoisotopic (exact) mass is 617 g/mol. The number of carbonyl (C=O) groups excluding carboxylic acids is 2. The second-order valence-electron chi connectivity index (χ2n) is 12.4. The van der Waals surface area contributed by atoms with Crippen LogP contribution in [-0.2, 0) is 20.0 Å². The van der Waals surface area contributed by atoms with E-state index in [1.165, 1.54) is 24.2 Å². The van der Waals surface area contributed by atoms with E-state index in [1.54, 1.807) is 23.6 Å². The molecule has 3 aromatic heterocycles. The van der Waals surface area contributed by atoms with Gasteiger partial charge < -0.3 is 15.0 Å². The highest BCUT2D eigenvalue weighted by Crippen LogP contribution is 2.41. The molecule has 4 aromatic rings. The molecule has 2 saturated heterocycles. The Morgan fingerprint density at radius 2 is 1.95 bits per heavy atom. The van der Waals surface area contributed by atoms with E-state index < -0.39 is 11.1 Å². The van der Waals surface area contributed by atoms with Gasteiger partial charge in [0, 0.05) is 85.6 Å². The molecule has 3 fully saturated rings. The van der Waals surface area contributed by atoms with Crippen LogP contribution in [-0.4, -0.2) is 88.2 Å². The number of pyridine rings is 1. The largest absolute Gasteiger partial charge is 0.384 e. The van der Waals surface area contributed by atoms with Crippen LogP contribution in [0.5, 0.6) is 0 Å². The average Bonchev–Trinajstić information content (AvgIpc) is 3.38. The number of thiazole rings is 1. The second kappa shape index (κ2) is 11.6. The van der Waals surface area contributed by atoms with Gasteiger partial charge in [0.15, 0.2) is 5.67 Å². The number of likely N-dealkylation sites (tertiary alicyclic amines) is 2. The van der Waals surface area contributed by atoms with E-state index in [-0.39, 0.29) is 37.8 Å². The molecule has 7 rings (SSSR count). The van der Waals surface area contributed by atoms with Crippen molar-refractivity contribution < 1.29 is 18.7 Å². The van der Waals surface area contributed by atoms with Gasteiger partial charge in [-0.1, -0.05) is 0 Å². The van der Waals surface area contributed by atoms with Crippen LogP contribution in [0.1, 0.15) is 48.7 Å². The number of ether oxygens (including phenoxy) is 1. The Kier molecular flexibility index (Phi) is 7.67. The molecule has 230 valence electrons. The van der Waals surface area contributed by atoms with Gasteiger partial charge in [0.25, 0.3) is 0 Å². The summed E-state index contributed by atoms with van der Waals surface area (Å²) < 4.78 is 20.9. The molecule has 0 radical (unpaired) electrons. The molecule has 0 spiro atoms. The first-order chi connectivity index (χ1) is 21.4. The number of amides is 2. The lowest BCUT2D eigenvalue weighted by atomic mass is 9.86. The minimum Gasteiger partial charge on any atom is -0.384 e. The number of anilines is 1. The fraction of sp³-hybridized carbons (Fsp3) is 0.469. The standard InChI is InChI=1S/C32H36FN7O3S/c1-43-20-31(7-12-39(19-31)18-27(41)40-13-8-32(33,9-14-40)30-35-11-15-44-30)29(42)36-23-4-5-25-24(17-23)28(38-37-25)22-6-10-34-26(16-22)21-2-3-21/h4-6,10-11,15-17,21H,2-3,7-9,12-14,18-20H2,1H3,(H,36,42)(H,37,38)/t31-/m1/s1. The lowest BCUT2D eigenvalue weighted by molar-refractivity contribution is -0.136. The van der Waals surface area contributed by atoms with Gasteiger partial charge in [-0.3, -0.25) is 24.6 Å². The van der Waals surface area contributed by atoms with Gasteiger partial charge in [0.2, 0.25) is 11.8 Å². The minimum absolute atomic E-state index is 0.0429. The first-order valence-electron chi connectivity index (χ1n) is 15.2. The number of alkyl halides is 1. The van der Waals surface area contributed by atoms with Crippen LogP contribution in [0.15, 0.2) is 48.1 Å². The molecule has 2 aliphatic heterocycles. The smallest absolute Gasteiger partial charge is 0.236 e. The number of piperidine rings is 1. The molecule has 12 heteroatoms. The van der Waals surface area contributed by atoms with Gasteiger partial charge >= 0.3 is 0 Å². The Balaban J connectivity index is 1.01. The number of aromatic nitrogens is 4. The van der Waals surface area contributed by atoms with E-state index in [4.69, 9.17) is 4.74 Å². The normalized spacial score (nSPS) is 22.0. The summed E-state index contributed by atoms with van der Waals surface area (Å²) in [4.78, 5) is 39.4. The molecule has 44 heavy (non-hydrogen) atoms. The summed E-state index contributed by atoms with van der Waals surface area (Å²) in [6, 6.07) is 9.82. The van der Waals surface area contributed by atoms with Gasteiger partial charge in [0.05, 0.1) is 24.1 Å². The molecule has 10 nitrogen and oxygen atoms in total. The molecule has 5 heterocycles. The zero-order valence-electron chi connectivity index (χ0n) is 24.7. The highest BCUT2D eigenvalue weighted by atomic mass is 32.1. The van der Waals surface area contributed by atoms with Crippen LogP contribution in [0.2, 0.25) is 0 Å². The van der Waals surface area contributed by atoms with Crippen molar-refractivity contribution in [2.45, 2.75) is 43.7 Å². The third-order valence-corrected chi connectivity index (χ3v) is 10.2. The first-order valence-corrected chi connectivity index (χ1v) is 16.1. The highest BCUT2D eigenvalue weighted by molar-refractivity contribution is 7.09. The summed E-state index contributed by atoms with van der Waals surface area (Å²) >= 11 is 1.32. The molecule has 0 unspecified atom stereocenters. The summed E-state index contributed by atoms with van der Waals surface area (Å²) in [5.74, 6) is 0.359. The Morgan fingerprint density at radius 1 is 1.11 bits per heavy atom. The second-order valence-corrected chi connectivity index (χ2v) is 13.3. The number of nitrogens with zero attached hydrogens (tertiary/aromatic N) is 5. The molecular formula is C32H36FN7O3S. The Morgan fingerprint density at radius 3 is 2.70 bits per heavy atom. The van der Waals surface area contributed by atoms with Crippen molar-refractivity contribution in [1.29, 1.82) is 0 Å². The predicted molar refractivity (Wildman–Crippen MR) is 166 cm³/mol. The third-order valence-electron chi connectivity index (χ3n) is 9.29. The summed E-state index contributed by atoms with van der Waals surface area (Å²) in [6.45, 7) is 2.13. The first kappa shape index (κ1) is 29.0. The topological polar surface area (TPSA) is 116 Å². The van der Waals surface area contributed by atoms with Crippen molar-refractivity contribution in [3.05, 3.63) is 58.8 Å². The molecule has 2 N–H and O–H groups in total. The van der Waals surface area contributed by atoms with Crippen LogP contribution in [0.25, 0.3) is 22.2 Å². The number of fused-ring (bicyclic) bond motifs is 1. The number of nitrogens with one attached hydrogen (secondary N) is 2. The van der Waals surface area contributed by atoms with E-state index in [2.05, 4.69) is 31.5 Å². The number of H-pyrrole nitrogens is 1. The fourth-order valence-corrected chi connectivity index (χ4v) is 7.36. The lowest BCUT2D eigenvalue weighted by Crippen LogP contribution is -2.48. The van der Waals surface area contributed by atoms with E-state index in [0.717, 1.165) is 27.9 Å². The van der Waals surface area contributed by atoms with Crippen LogP contribution >= 0.6 is 11.3 Å². The molecule has 1 saturated carbocycles. The SMILES string of the molecule is COC[C@@]1(C(=O)Nc2ccc3[nH]nc(-c4ccnc(C5CC5)c4)c3c2)CCN(CC(=O)N2CCC(F)(c3nccs3)CC2)C1. The summed E-state index contributed by atoms with van der Waals surface area (Å²) in [5.41, 5.74) is 2.21. The van der Waals surface area contributed by atoms with Crippen molar-refractivity contribution in [2.24, 2.45) is 5.41 Å². The Labute approximate surface area is 259 Å². The van der Waals surface area contributed by atoms with Crippen molar-refractivity contribution in [2.75, 3.05) is 51.8 Å².